The topological polar surface area (TPSA) is 107 Å². The molecule has 0 unspecified atom stereocenters. The fourth-order valence-electron chi connectivity index (χ4n) is 7.02. The number of imide groups is 1. The van der Waals surface area contributed by atoms with Crippen LogP contribution in [0.1, 0.15) is 55.7 Å². The third-order valence-corrected chi connectivity index (χ3v) is 9.71. The molecule has 4 atom stereocenters. The number of alkyl halides is 6. The lowest BCUT2D eigenvalue weighted by Gasteiger charge is -2.36. The maximum absolute atomic E-state index is 14.0. The number of nitrogens with zero attached hydrogens (tertiary/aromatic N) is 1. The molecule has 2 amide bonds. The molecule has 3 N–H and O–H groups in total. The molecular weight excluding hydrogens is 716 g/mol. The number of aliphatic hydroxyl groups excluding tert-OH is 2. The molecular formula is C38H36ClF6NO6. The zero-order chi connectivity index (χ0) is 38.0. The van der Waals surface area contributed by atoms with E-state index in [1.807, 2.05) is 13.0 Å². The first kappa shape index (κ1) is 38.9. The van der Waals surface area contributed by atoms with E-state index in [0.717, 1.165) is 12.0 Å². The maximum atomic E-state index is 14.0. The molecule has 0 saturated carbocycles. The van der Waals surface area contributed by atoms with Crippen LogP contribution in [0.2, 0.25) is 5.02 Å². The van der Waals surface area contributed by atoms with Crippen LogP contribution in [0.5, 0.6) is 11.5 Å². The van der Waals surface area contributed by atoms with Crippen molar-refractivity contribution in [2.24, 2.45) is 17.8 Å². The number of para-hydroxylation sites is 1. The average Bonchev–Trinajstić information content (AvgIpc) is 3.34. The Kier molecular flexibility index (Phi) is 11.8. The molecule has 52 heavy (non-hydrogen) atoms. The first-order chi connectivity index (χ1) is 24.5. The average molecular weight is 752 g/mol. The van der Waals surface area contributed by atoms with Crippen LogP contribution < -0.4 is 9.64 Å². The number of halogens is 7. The van der Waals surface area contributed by atoms with Crippen molar-refractivity contribution in [3.05, 3.63) is 105 Å². The summed E-state index contributed by atoms with van der Waals surface area (Å²) in [5.41, 5.74) is -2.14. The summed E-state index contributed by atoms with van der Waals surface area (Å²) in [6.45, 7) is 1.02. The molecule has 1 fully saturated rings. The normalized spacial score (nSPS) is 20.4. The van der Waals surface area contributed by atoms with Gasteiger partial charge in [-0.1, -0.05) is 54.8 Å². The molecule has 0 spiro atoms. The number of phenolic OH excluding ortho intramolecular Hbond substituents is 1. The molecule has 0 aromatic heterocycles. The molecule has 3 aromatic carbocycles. The molecule has 0 radical (unpaired) electrons. The highest BCUT2D eigenvalue weighted by Crippen LogP contribution is 2.49. The molecule has 1 aliphatic carbocycles. The minimum atomic E-state index is -5.22. The van der Waals surface area contributed by atoms with Gasteiger partial charge in [0.2, 0.25) is 11.8 Å². The van der Waals surface area contributed by atoms with E-state index in [0.29, 0.717) is 51.8 Å². The Balaban J connectivity index is 1.51. The predicted molar refractivity (Wildman–Crippen MR) is 181 cm³/mol. The minimum Gasteiger partial charge on any atom is -0.508 e. The van der Waals surface area contributed by atoms with Crippen molar-refractivity contribution in [3.63, 3.8) is 0 Å². The molecule has 7 nitrogen and oxygen atoms in total. The van der Waals surface area contributed by atoms with Crippen LogP contribution in [-0.2, 0) is 21.9 Å². The van der Waals surface area contributed by atoms with Crippen LogP contribution >= 0.6 is 11.6 Å². The summed E-state index contributed by atoms with van der Waals surface area (Å²) in [6, 6.07) is 13.6. The Morgan fingerprint density at radius 2 is 1.62 bits per heavy atom. The maximum Gasteiger partial charge on any atom is 0.416 e. The number of rotatable bonds is 12. The monoisotopic (exact) mass is 751 g/mol. The van der Waals surface area contributed by atoms with Crippen molar-refractivity contribution >= 4 is 35.2 Å². The second kappa shape index (κ2) is 15.7. The van der Waals surface area contributed by atoms with Gasteiger partial charge in [-0.05, 0) is 90.9 Å². The van der Waals surface area contributed by atoms with Gasteiger partial charge in [-0.15, -0.1) is 0 Å². The number of aliphatic hydroxyl groups is 2. The van der Waals surface area contributed by atoms with Gasteiger partial charge in [0.25, 0.3) is 0 Å². The van der Waals surface area contributed by atoms with Gasteiger partial charge in [-0.3, -0.25) is 9.59 Å². The molecule has 2 aliphatic rings. The van der Waals surface area contributed by atoms with E-state index in [1.165, 1.54) is 12.1 Å². The quantitative estimate of drug-likeness (QED) is 0.0973. The standard InChI is InChI=1S/C38H36ClF6NO6/c1-2-6-21(13-22-10-11-27(48)18-31(22)39)9-12-32(49)33-23(20-52-28-7-4-3-5-8-28)14-29-34(30(33)19-47)36(51)46(35(29)50)26-16-24(37(40,41)42)15-25(17-26)38(43,44)45/h3-5,7-8,10-11,13,15-18,29-30,32,34,47-49H,2,6,9,12,14,19-20H2,1H3/b21-13+/t29-,30+,32-,34-/m1/s1. The Morgan fingerprint density at radius 1 is 0.962 bits per heavy atom. The molecule has 0 bridgehead atoms. The molecule has 1 heterocycles. The van der Waals surface area contributed by atoms with Crippen LogP contribution in [0.4, 0.5) is 32.0 Å². The molecule has 3 aromatic rings. The zero-order valence-corrected chi connectivity index (χ0v) is 28.6. The van der Waals surface area contributed by atoms with Gasteiger partial charge in [0, 0.05) is 5.92 Å². The van der Waals surface area contributed by atoms with E-state index in [1.54, 1.807) is 36.4 Å². The van der Waals surface area contributed by atoms with Gasteiger partial charge in [0.15, 0.2) is 0 Å². The molecule has 5 rings (SSSR count). The van der Waals surface area contributed by atoms with E-state index < -0.39 is 71.4 Å². The molecule has 1 aliphatic heterocycles. The van der Waals surface area contributed by atoms with Gasteiger partial charge < -0.3 is 20.1 Å². The molecule has 1 saturated heterocycles. The zero-order valence-electron chi connectivity index (χ0n) is 27.8. The van der Waals surface area contributed by atoms with Crippen molar-refractivity contribution in [2.75, 3.05) is 18.1 Å². The number of carbonyl (C=O) groups is 2. The number of phenols is 1. The van der Waals surface area contributed by atoms with Crippen molar-refractivity contribution in [3.8, 4) is 11.5 Å². The first-order valence-corrected chi connectivity index (χ1v) is 16.9. The highest BCUT2D eigenvalue weighted by atomic mass is 35.5. The minimum absolute atomic E-state index is 0.00944. The summed E-state index contributed by atoms with van der Waals surface area (Å²) in [4.78, 5) is 28.1. The Bertz CT molecular complexity index is 1830. The van der Waals surface area contributed by atoms with Gasteiger partial charge >= 0.3 is 12.4 Å². The van der Waals surface area contributed by atoms with Crippen LogP contribution in [0.15, 0.2) is 83.4 Å². The van der Waals surface area contributed by atoms with Crippen molar-refractivity contribution in [2.45, 2.75) is 57.5 Å². The van der Waals surface area contributed by atoms with Crippen molar-refractivity contribution in [1.82, 2.24) is 0 Å². The number of amides is 2. The van der Waals surface area contributed by atoms with Gasteiger partial charge in [0.1, 0.15) is 18.1 Å². The Labute approximate surface area is 300 Å². The number of allylic oxidation sites excluding steroid dienone is 1. The first-order valence-electron chi connectivity index (χ1n) is 16.6. The fourth-order valence-corrected chi connectivity index (χ4v) is 7.25. The van der Waals surface area contributed by atoms with Crippen LogP contribution in [0.25, 0.3) is 6.08 Å². The number of ether oxygens (including phenoxy) is 1. The summed E-state index contributed by atoms with van der Waals surface area (Å²) in [7, 11) is 0. The lowest BCUT2D eigenvalue weighted by molar-refractivity contribution is -0.143. The highest BCUT2D eigenvalue weighted by molar-refractivity contribution is 6.32. The van der Waals surface area contributed by atoms with Crippen LogP contribution in [0.3, 0.4) is 0 Å². The van der Waals surface area contributed by atoms with E-state index in [-0.39, 0.29) is 36.8 Å². The fraction of sp³-hybridized carbons (Fsp3) is 0.368. The number of hydrogen-bond donors (Lipinski definition) is 3. The van der Waals surface area contributed by atoms with Gasteiger partial charge in [-0.25, -0.2) is 4.90 Å². The SMILES string of the molecule is CCC/C(=C\c1ccc(O)cc1Cl)CC[C@@H](O)C1=C(COc2ccccc2)C[C@H]2C(=O)N(c3cc(C(F)(F)F)cc(C(F)(F)F)c3)C(=O)[C@H]2[C@H]1CO. The Morgan fingerprint density at radius 3 is 2.19 bits per heavy atom. The van der Waals surface area contributed by atoms with Crippen LogP contribution in [-0.4, -0.2) is 46.5 Å². The third-order valence-electron chi connectivity index (χ3n) is 9.38. The second-order valence-electron chi connectivity index (χ2n) is 12.9. The number of hydrogen-bond acceptors (Lipinski definition) is 6. The van der Waals surface area contributed by atoms with E-state index in [9.17, 15) is 51.3 Å². The summed E-state index contributed by atoms with van der Waals surface area (Å²) < 4.78 is 88.3. The lowest BCUT2D eigenvalue weighted by atomic mass is 9.68. The summed E-state index contributed by atoms with van der Waals surface area (Å²) in [6.07, 6.45) is -8.29. The highest BCUT2D eigenvalue weighted by Gasteiger charge is 2.56. The number of carbonyl (C=O) groups excluding carboxylic acids is 2. The Hall–Kier alpha value is -4.33. The van der Waals surface area contributed by atoms with E-state index in [4.69, 9.17) is 16.3 Å². The largest absolute Gasteiger partial charge is 0.508 e. The lowest BCUT2D eigenvalue weighted by Crippen LogP contribution is -2.40. The number of anilines is 1. The molecule has 278 valence electrons. The summed E-state index contributed by atoms with van der Waals surface area (Å²) in [5, 5.41) is 32.5. The van der Waals surface area contributed by atoms with Crippen LogP contribution in [0, 0.1) is 17.8 Å². The van der Waals surface area contributed by atoms with E-state index in [2.05, 4.69) is 0 Å². The van der Waals surface area contributed by atoms with E-state index >= 15 is 0 Å². The summed E-state index contributed by atoms with van der Waals surface area (Å²) >= 11 is 6.32. The molecule has 14 heteroatoms. The van der Waals surface area contributed by atoms with Gasteiger partial charge in [0.05, 0.1) is 46.4 Å². The van der Waals surface area contributed by atoms with Gasteiger partial charge in [-0.2, -0.15) is 26.3 Å². The summed E-state index contributed by atoms with van der Waals surface area (Å²) in [5.74, 6) is -5.52. The third kappa shape index (κ3) is 8.48. The number of aromatic hydroxyl groups is 1. The smallest absolute Gasteiger partial charge is 0.416 e. The second-order valence-corrected chi connectivity index (χ2v) is 13.3. The predicted octanol–water partition coefficient (Wildman–Crippen LogP) is 8.60. The van der Waals surface area contributed by atoms with Crippen molar-refractivity contribution < 1.29 is 56.0 Å². The number of benzene rings is 3. The number of fused-ring (bicyclic) bond motifs is 1. The van der Waals surface area contributed by atoms with Crippen molar-refractivity contribution in [1.29, 1.82) is 0 Å².